The molecule has 0 aliphatic rings. The lowest BCUT2D eigenvalue weighted by Crippen LogP contribution is -2.10. The number of sulfonamides is 1. The third kappa shape index (κ3) is 4.40. The Morgan fingerprint density at radius 2 is 2.17 bits per heavy atom. The fraction of sp³-hybridized carbons (Fsp3) is 0.545. The molecule has 1 aromatic rings. The number of primary sulfonamides is 1. The van der Waals surface area contributed by atoms with Crippen LogP contribution in [0.4, 0.5) is 0 Å². The molecule has 0 saturated carbocycles. The van der Waals surface area contributed by atoms with Crippen LogP contribution in [0.2, 0.25) is 0 Å². The zero-order valence-corrected chi connectivity index (χ0v) is 11.9. The summed E-state index contributed by atoms with van der Waals surface area (Å²) in [6, 6.07) is 1.45. The summed E-state index contributed by atoms with van der Waals surface area (Å²) in [4.78, 5) is 0. The first kappa shape index (κ1) is 15.1. The quantitative estimate of drug-likeness (QED) is 0.350. The largest absolute Gasteiger partial charge is 0.411 e. The molecule has 18 heavy (non-hydrogen) atoms. The van der Waals surface area contributed by atoms with E-state index in [0.29, 0.717) is 17.7 Å². The van der Waals surface area contributed by atoms with Crippen LogP contribution < -0.4 is 5.14 Å². The Hall–Kier alpha value is -0.920. The van der Waals surface area contributed by atoms with Gasteiger partial charge in [0.15, 0.2) is 0 Å². The molecule has 0 fully saturated rings. The van der Waals surface area contributed by atoms with Gasteiger partial charge in [-0.25, -0.2) is 13.6 Å². The van der Waals surface area contributed by atoms with Crippen LogP contribution in [0.1, 0.15) is 44.6 Å². The first-order chi connectivity index (χ1) is 8.49. The number of oxime groups is 1. The maximum absolute atomic E-state index is 11.1. The van der Waals surface area contributed by atoms with E-state index in [0.717, 1.165) is 37.0 Å². The molecule has 5 nitrogen and oxygen atoms in total. The van der Waals surface area contributed by atoms with Crippen molar-refractivity contribution in [3.63, 3.8) is 0 Å². The van der Waals surface area contributed by atoms with Gasteiger partial charge in [-0.3, -0.25) is 0 Å². The first-order valence-corrected chi connectivity index (χ1v) is 8.24. The summed E-state index contributed by atoms with van der Waals surface area (Å²) < 4.78 is 22.4. The van der Waals surface area contributed by atoms with Crippen molar-refractivity contribution in [2.45, 2.75) is 43.2 Å². The molecule has 0 spiro atoms. The predicted molar refractivity (Wildman–Crippen MR) is 72.8 cm³/mol. The third-order valence-electron chi connectivity index (χ3n) is 2.58. The maximum atomic E-state index is 11.1. The third-order valence-corrected chi connectivity index (χ3v) is 4.96. The van der Waals surface area contributed by atoms with E-state index in [-0.39, 0.29) is 4.21 Å². The van der Waals surface area contributed by atoms with E-state index in [1.807, 2.05) is 0 Å². The van der Waals surface area contributed by atoms with Crippen molar-refractivity contribution in [1.82, 2.24) is 0 Å². The molecule has 0 radical (unpaired) electrons. The lowest BCUT2D eigenvalue weighted by atomic mass is 10.1. The molecular weight excluding hydrogens is 272 g/mol. The molecule has 102 valence electrons. The van der Waals surface area contributed by atoms with Gasteiger partial charge in [-0.2, -0.15) is 0 Å². The van der Waals surface area contributed by atoms with Crippen LogP contribution >= 0.6 is 11.3 Å². The maximum Gasteiger partial charge on any atom is 0.247 e. The predicted octanol–water partition coefficient (Wildman–Crippen LogP) is 2.54. The van der Waals surface area contributed by atoms with Crippen LogP contribution in [0.5, 0.6) is 0 Å². The Morgan fingerprint density at radius 1 is 1.44 bits per heavy atom. The second-order valence-electron chi connectivity index (χ2n) is 4.06. The fourth-order valence-corrected chi connectivity index (χ4v) is 3.20. The van der Waals surface area contributed by atoms with Crippen molar-refractivity contribution in [3.8, 4) is 0 Å². The van der Waals surface area contributed by atoms with Crippen LogP contribution in [0, 0.1) is 0 Å². The number of nitrogens with zero attached hydrogens (tertiary/aromatic N) is 1. The van der Waals surface area contributed by atoms with E-state index in [9.17, 15) is 8.42 Å². The number of hydrogen-bond acceptors (Lipinski definition) is 5. The summed E-state index contributed by atoms with van der Waals surface area (Å²) in [6.45, 7) is 2.12. The number of hydrogen-bond donors (Lipinski definition) is 2. The van der Waals surface area contributed by atoms with Gasteiger partial charge >= 0.3 is 0 Å². The smallest absolute Gasteiger partial charge is 0.247 e. The van der Waals surface area contributed by atoms with Gasteiger partial charge in [-0.1, -0.05) is 31.3 Å². The van der Waals surface area contributed by atoms with Gasteiger partial charge < -0.3 is 5.21 Å². The molecule has 0 aliphatic carbocycles. The monoisotopic (exact) mass is 290 g/mol. The van der Waals surface area contributed by atoms with E-state index in [4.69, 9.17) is 10.3 Å². The van der Waals surface area contributed by atoms with Crippen molar-refractivity contribution in [1.29, 1.82) is 0 Å². The van der Waals surface area contributed by atoms with E-state index in [1.54, 1.807) is 5.38 Å². The van der Waals surface area contributed by atoms with Gasteiger partial charge in [-0.15, -0.1) is 11.3 Å². The second-order valence-corrected chi connectivity index (χ2v) is 6.76. The minimum Gasteiger partial charge on any atom is -0.411 e. The zero-order valence-electron chi connectivity index (χ0n) is 10.3. The Labute approximate surface area is 111 Å². The van der Waals surface area contributed by atoms with Gasteiger partial charge in [0.2, 0.25) is 10.0 Å². The molecule has 0 aromatic carbocycles. The van der Waals surface area contributed by atoms with E-state index in [1.165, 1.54) is 6.07 Å². The average molecular weight is 290 g/mol. The number of nitrogens with two attached hydrogens (primary N) is 1. The lowest BCUT2D eigenvalue weighted by molar-refractivity contribution is 0.317. The molecule has 1 rings (SSSR count). The van der Waals surface area contributed by atoms with Crippen molar-refractivity contribution in [2.75, 3.05) is 0 Å². The molecule has 0 unspecified atom stereocenters. The molecule has 0 bridgehead atoms. The Bertz CT molecular complexity index is 506. The second kappa shape index (κ2) is 6.86. The minimum atomic E-state index is -3.67. The van der Waals surface area contributed by atoms with Crippen LogP contribution in [0.25, 0.3) is 0 Å². The van der Waals surface area contributed by atoms with Crippen molar-refractivity contribution < 1.29 is 13.6 Å². The highest BCUT2D eigenvalue weighted by Gasteiger charge is 2.14. The normalized spacial score (nSPS) is 12.9. The molecule has 0 aliphatic heterocycles. The summed E-state index contributed by atoms with van der Waals surface area (Å²) >= 11 is 1.04. The van der Waals surface area contributed by atoms with Gasteiger partial charge in [0.25, 0.3) is 0 Å². The lowest BCUT2D eigenvalue weighted by Gasteiger charge is -2.01. The minimum absolute atomic E-state index is 0.0900. The molecule has 0 amide bonds. The molecule has 1 aromatic heterocycles. The summed E-state index contributed by atoms with van der Waals surface area (Å²) in [6.07, 6.45) is 4.91. The number of thiophene rings is 1. The van der Waals surface area contributed by atoms with E-state index < -0.39 is 10.0 Å². The number of unbranched alkanes of at least 4 members (excludes halogenated alkanes) is 3. The summed E-state index contributed by atoms with van der Waals surface area (Å²) in [5.41, 5.74) is 1.14. The highest BCUT2D eigenvalue weighted by atomic mass is 32.2. The van der Waals surface area contributed by atoms with Crippen molar-refractivity contribution in [2.24, 2.45) is 10.3 Å². The SMILES string of the molecule is CCCCCC/C(=N\O)c1csc(S(N)(=O)=O)c1. The average Bonchev–Trinajstić information content (AvgIpc) is 2.78. The van der Waals surface area contributed by atoms with E-state index >= 15 is 0 Å². The molecule has 0 saturated heterocycles. The molecular formula is C11H18N2O3S2. The van der Waals surface area contributed by atoms with Gasteiger partial charge in [-0.05, 0) is 18.9 Å². The van der Waals surface area contributed by atoms with E-state index in [2.05, 4.69) is 12.1 Å². The van der Waals surface area contributed by atoms with Crippen LogP contribution in [-0.4, -0.2) is 19.3 Å². The molecule has 1 heterocycles. The molecule has 7 heteroatoms. The standard InChI is InChI=1S/C11H18N2O3S2/c1-2-3-4-5-6-10(13-14)9-7-11(17-8-9)18(12,15)16/h7-8,14H,2-6H2,1H3,(H2,12,15,16)/b13-10+. The summed E-state index contributed by atoms with van der Waals surface area (Å²) in [5, 5.41) is 18.9. The summed E-state index contributed by atoms with van der Waals surface area (Å²) in [5.74, 6) is 0. The highest BCUT2D eigenvalue weighted by Crippen LogP contribution is 2.21. The van der Waals surface area contributed by atoms with Crippen LogP contribution in [0.3, 0.4) is 0 Å². The van der Waals surface area contributed by atoms with Gasteiger partial charge in [0.05, 0.1) is 5.71 Å². The van der Waals surface area contributed by atoms with Crippen molar-refractivity contribution in [3.05, 3.63) is 17.0 Å². The highest BCUT2D eigenvalue weighted by molar-refractivity contribution is 7.91. The fourth-order valence-electron chi connectivity index (χ4n) is 1.59. The van der Waals surface area contributed by atoms with Crippen LogP contribution in [0.15, 0.2) is 20.8 Å². The Kier molecular flexibility index (Phi) is 5.77. The van der Waals surface area contributed by atoms with Crippen molar-refractivity contribution >= 4 is 27.1 Å². The Balaban J connectivity index is 2.69. The number of rotatable bonds is 7. The topological polar surface area (TPSA) is 92.8 Å². The van der Waals surface area contributed by atoms with Crippen LogP contribution in [-0.2, 0) is 10.0 Å². The Morgan fingerprint density at radius 3 is 2.67 bits per heavy atom. The zero-order chi connectivity index (χ0) is 13.6. The molecule has 3 N–H and O–H groups in total. The first-order valence-electron chi connectivity index (χ1n) is 5.81. The van der Waals surface area contributed by atoms with Gasteiger partial charge in [0.1, 0.15) is 4.21 Å². The van der Waals surface area contributed by atoms with Gasteiger partial charge in [0, 0.05) is 10.9 Å². The summed E-state index contributed by atoms with van der Waals surface area (Å²) in [7, 11) is -3.67. The molecule has 0 atom stereocenters.